The van der Waals surface area contributed by atoms with Gasteiger partial charge in [-0.2, -0.15) is 0 Å². The van der Waals surface area contributed by atoms with E-state index in [0.29, 0.717) is 16.5 Å². The summed E-state index contributed by atoms with van der Waals surface area (Å²) in [4.78, 5) is 26.1. The summed E-state index contributed by atoms with van der Waals surface area (Å²) in [6.07, 6.45) is 0. The molecule has 0 unspecified atom stereocenters. The van der Waals surface area contributed by atoms with Gasteiger partial charge in [0.05, 0.1) is 9.80 Å². The van der Waals surface area contributed by atoms with E-state index in [1.54, 1.807) is 12.3 Å². The molecule has 0 atom stereocenters. The molecular formula is C10H8N4O4S2. The number of nitrogens with one attached hydrogen (secondary N) is 1. The second-order valence-corrected chi connectivity index (χ2v) is 5.49. The number of nitro groups is 1. The summed E-state index contributed by atoms with van der Waals surface area (Å²) < 4.78 is 0. The highest BCUT2D eigenvalue weighted by atomic mass is 32.1. The summed E-state index contributed by atoms with van der Waals surface area (Å²) in [6, 6.07) is 2.66. The van der Waals surface area contributed by atoms with Gasteiger partial charge in [0.15, 0.2) is 5.13 Å². The van der Waals surface area contributed by atoms with E-state index in [2.05, 4.69) is 15.5 Å². The minimum absolute atomic E-state index is 0.0989. The first-order valence-electron chi connectivity index (χ1n) is 5.21. The van der Waals surface area contributed by atoms with Gasteiger partial charge in [-0.1, -0.05) is 16.5 Å². The lowest BCUT2D eigenvalue weighted by atomic mass is 10.3. The Bertz CT molecular complexity index is 691. The summed E-state index contributed by atoms with van der Waals surface area (Å²) in [5, 5.41) is 26.5. The molecule has 20 heavy (non-hydrogen) atoms. The molecule has 0 aliphatic rings. The second-order valence-electron chi connectivity index (χ2n) is 3.57. The standard InChI is InChI=1S/C10H8N4O4S2/c1-5(13-16)6-4-19-10(11-6)12-9(15)7-2-3-8(20-7)14(17)18/h2-4,16H,1H3,(H,11,12,15)/b13-5-. The fraction of sp³-hybridized carbons (Fsp3) is 0.100. The van der Waals surface area contributed by atoms with Crippen LogP contribution in [-0.4, -0.2) is 26.7 Å². The smallest absolute Gasteiger partial charge is 0.324 e. The van der Waals surface area contributed by atoms with Crippen molar-refractivity contribution in [2.45, 2.75) is 6.92 Å². The van der Waals surface area contributed by atoms with Crippen LogP contribution in [0.2, 0.25) is 0 Å². The molecule has 0 saturated carbocycles. The summed E-state index contributed by atoms with van der Waals surface area (Å²) in [7, 11) is 0. The topological polar surface area (TPSA) is 118 Å². The minimum atomic E-state index is -0.552. The Morgan fingerprint density at radius 3 is 2.90 bits per heavy atom. The lowest BCUT2D eigenvalue weighted by molar-refractivity contribution is -0.380. The summed E-state index contributed by atoms with van der Waals surface area (Å²) >= 11 is 1.95. The third kappa shape index (κ3) is 2.97. The number of hydrogen-bond acceptors (Lipinski definition) is 8. The quantitative estimate of drug-likeness (QED) is 0.389. The largest absolute Gasteiger partial charge is 0.411 e. The van der Waals surface area contributed by atoms with Crippen LogP contribution in [0.1, 0.15) is 22.3 Å². The fourth-order valence-corrected chi connectivity index (χ4v) is 2.72. The Labute approximate surface area is 120 Å². The van der Waals surface area contributed by atoms with Crippen LogP contribution in [0.25, 0.3) is 0 Å². The molecule has 2 rings (SSSR count). The number of nitrogens with zero attached hydrogens (tertiary/aromatic N) is 3. The van der Waals surface area contributed by atoms with E-state index in [0.717, 1.165) is 11.3 Å². The third-order valence-corrected chi connectivity index (χ3v) is 4.03. The van der Waals surface area contributed by atoms with Gasteiger partial charge in [-0.05, 0) is 13.0 Å². The highest BCUT2D eigenvalue weighted by molar-refractivity contribution is 7.17. The van der Waals surface area contributed by atoms with Gasteiger partial charge in [-0.3, -0.25) is 20.2 Å². The van der Waals surface area contributed by atoms with Gasteiger partial charge in [0.1, 0.15) is 11.4 Å². The lowest BCUT2D eigenvalue weighted by Gasteiger charge is -1.97. The Balaban J connectivity index is 2.11. The molecule has 1 amide bonds. The predicted octanol–water partition coefficient (Wildman–Crippen LogP) is 2.56. The van der Waals surface area contributed by atoms with E-state index >= 15 is 0 Å². The average Bonchev–Trinajstić information content (AvgIpc) is 3.06. The van der Waals surface area contributed by atoms with Gasteiger partial charge in [0.2, 0.25) is 0 Å². The van der Waals surface area contributed by atoms with Crippen LogP contribution in [-0.2, 0) is 0 Å². The van der Waals surface area contributed by atoms with Gasteiger partial charge in [-0.15, -0.1) is 11.3 Å². The van der Waals surface area contributed by atoms with Crippen molar-refractivity contribution in [3.8, 4) is 0 Å². The molecular weight excluding hydrogens is 304 g/mol. The molecule has 2 heterocycles. The van der Waals surface area contributed by atoms with Gasteiger partial charge in [-0.25, -0.2) is 4.98 Å². The number of hydrogen-bond donors (Lipinski definition) is 2. The highest BCUT2D eigenvalue weighted by Gasteiger charge is 2.16. The average molecular weight is 312 g/mol. The molecule has 0 aliphatic heterocycles. The number of carbonyl (C=O) groups excluding carboxylic acids is 1. The molecule has 8 nitrogen and oxygen atoms in total. The maximum absolute atomic E-state index is 11.9. The monoisotopic (exact) mass is 312 g/mol. The molecule has 0 bridgehead atoms. The Morgan fingerprint density at radius 2 is 2.30 bits per heavy atom. The van der Waals surface area contributed by atoms with Crippen molar-refractivity contribution in [2.24, 2.45) is 5.16 Å². The third-order valence-electron chi connectivity index (χ3n) is 2.24. The molecule has 0 aromatic carbocycles. The Morgan fingerprint density at radius 1 is 1.55 bits per heavy atom. The Kier molecular flexibility index (Phi) is 4.05. The van der Waals surface area contributed by atoms with Crippen LogP contribution in [0.3, 0.4) is 0 Å². The van der Waals surface area contributed by atoms with Gasteiger partial charge in [0, 0.05) is 11.4 Å². The molecule has 0 aliphatic carbocycles. The first kappa shape index (κ1) is 14.1. The zero-order chi connectivity index (χ0) is 14.7. The zero-order valence-corrected chi connectivity index (χ0v) is 11.7. The summed E-state index contributed by atoms with van der Waals surface area (Å²) in [6.45, 7) is 1.57. The first-order chi connectivity index (χ1) is 9.51. The van der Waals surface area contributed by atoms with Crippen molar-refractivity contribution in [2.75, 3.05) is 5.32 Å². The number of anilines is 1. The number of thiophene rings is 1. The maximum Gasteiger partial charge on any atom is 0.324 e. The van der Waals surface area contributed by atoms with Crippen molar-refractivity contribution in [1.82, 2.24) is 4.98 Å². The molecule has 0 saturated heterocycles. The summed E-state index contributed by atoms with van der Waals surface area (Å²) in [5.74, 6) is -0.470. The van der Waals surface area contributed by atoms with Crippen molar-refractivity contribution < 1.29 is 14.9 Å². The van der Waals surface area contributed by atoms with Crippen LogP contribution in [0.4, 0.5) is 10.1 Å². The number of carbonyl (C=O) groups is 1. The number of aromatic nitrogens is 1. The molecule has 2 N–H and O–H groups in total. The van der Waals surface area contributed by atoms with Crippen LogP contribution in [0, 0.1) is 10.1 Å². The normalized spacial score (nSPS) is 11.3. The maximum atomic E-state index is 11.9. The predicted molar refractivity (Wildman–Crippen MR) is 75.0 cm³/mol. The van der Waals surface area contributed by atoms with Gasteiger partial charge >= 0.3 is 5.00 Å². The lowest BCUT2D eigenvalue weighted by Crippen LogP contribution is -2.10. The zero-order valence-electron chi connectivity index (χ0n) is 10.1. The van der Waals surface area contributed by atoms with Crippen molar-refractivity contribution in [3.05, 3.63) is 38.2 Å². The van der Waals surface area contributed by atoms with Crippen LogP contribution in [0.5, 0.6) is 0 Å². The molecule has 0 spiro atoms. The number of amides is 1. The van der Waals surface area contributed by atoms with E-state index in [4.69, 9.17) is 5.21 Å². The van der Waals surface area contributed by atoms with Crippen LogP contribution in [0.15, 0.2) is 22.7 Å². The molecule has 0 fully saturated rings. The van der Waals surface area contributed by atoms with E-state index in [1.807, 2.05) is 0 Å². The molecule has 2 aromatic heterocycles. The first-order valence-corrected chi connectivity index (χ1v) is 6.91. The number of thiazole rings is 1. The van der Waals surface area contributed by atoms with E-state index < -0.39 is 10.8 Å². The molecule has 104 valence electrons. The fourth-order valence-electron chi connectivity index (χ4n) is 1.26. The SMILES string of the molecule is C/C(=N/O)c1csc(NC(=O)c2ccc([N+](=O)[O-])s2)n1. The summed E-state index contributed by atoms with van der Waals surface area (Å²) in [5.41, 5.74) is 0.776. The Hall–Kier alpha value is -2.33. The van der Waals surface area contributed by atoms with E-state index in [1.165, 1.54) is 23.5 Å². The van der Waals surface area contributed by atoms with E-state index in [9.17, 15) is 14.9 Å². The van der Waals surface area contributed by atoms with Gasteiger partial charge in [0.25, 0.3) is 5.91 Å². The molecule has 10 heteroatoms. The highest BCUT2D eigenvalue weighted by Crippen LogP contribution is 2.25. The number of rotatable bonds is 4. The van der Waals surface area contributed by atoms with Gasteiger partial charge < -0.3 is 5.21 Å². The van der Waals surface area contributed by atoms with Crippen molar-refractivity contribution in [1.29, 1.82) is 0 Å². The van der Waals surface area contributed by atoms with Crippen LogP contribution >= 0.6 is 22.7 Å². The molecule has 2 aromatic rings. The number of oxime groups is 1. The van der Waals surface area contributed by atoms with Crippen molar-refractivity contribution >= 4 is 44.4 Å². The molecule has 0 radical (unpaired) electrons. The second kappa shape index (κ2) is 5.75. The van der Waals surface area contributed by atoms with E-state index in [-0.39, 0.29) is 9.88 Å². The van der Waals surface area contributed by atoms with Crippen LogP contribution < -0.4 is 5.32 Å². The van der Waals surface area contributed by atoms with Crippen molar-refractivity contribution in [3.63, 3.8) is 0 Å². The minimum Gasteiger partial charge on any atom is -0.411 e.